The number of fused-ring (bicyclic) bond motifs is 1. The molecule has 25 heavy (non-hydrogen) atoms. The van der Waals surface area contributed by atoms with Gasteiger partial charge in [0.1, 0.15) is 0 Å². The van der Waals surface area contributed by atoms with E-state index in [4.69, 9.17) is 0 Å². The lowest BCUT2D eigenvalue weighted by Crippen LogP contribution is -2.48. The number of carbonyl (C=O) groups is 1. The topological polar surface area (TPSA) is 66.5 Å². The largest absolute Gasteiger partial charge is 0.337 e. The summed E-state index contributed by atoms with van der Waals surface area (Å²) in [6, 6.07) is 13.8. The molecule has 0 saturated carbocycles. The maximum atomic E-state index is 12.7. The highest BCUT2D eigenvalue weighted by Gasteiger charge is 2.28. The molecule has 6 heteroatoms. The number of hydrogen-bond acceptors (Lipinski definition) is 3. The highest BCUT2D eigenvalue weighted by molar-refractivity contribution is 7.89. The predicted octanol–water partition coefficient (Wildman–Crippen LogP) is 2.25. The minimum atomic E-state index is -3.72. The zero-order valence-corrected chi connectivity index (χ0v) is 15.2. The third-order valence-electron chi connectivity index (χ3n) is 4.48. The Morgan fingerprint density at radius 2 is 1.72 bits per heavy atom. The van der Waals surface area contributed by atoms with E-state index in [1.807, 2.05) is 25.1 Å². The average molecular weight is 358 g/mol. The molecule has 1 heterocycles. The van der Waals surface area contributed by atoms with Crippen molar-refractivity contribution >= 4 is 15.9 Å². The van der Waals surface area contributed by atoms with Crippen molar-refractivity contribution < 1.29 is 13.2 Å². The third kappa shape index (κ3) is 3.91. The van der Waals surface area contributed by atoms with Crippen molar-refractivity contribution in [1.82, 2.24) is 9.62 Å². The van der Waals surface area contributed by atoms with Crippen molar-refractivity contribution in [2.75, 3.05) is 6.54 Å². The van der Waals surface area contributed by atoms with Crippen molar-refractivity contribution in [1.29, 1.82) is 0 Å². The molecular formula is C19H22N2O3S. The van der Waals surface area contributed by atoms with Crippen LogP contribution in [0.5, 0.6) is 0 Å². The van der Waals surface area contributed by atoms with Gasteiger partial charge in [-0.25, -0.2) is 8.42 Å². The highest BCUT2D eigenvalue weighted by atomic mass is 32.2. The van der Waals surface area contributed by atoms with Gasteiger partial charge in [-0.1, -0.05) is 42.0 Å². The number of carbonyl (C=O) groups excluding carboxylic acids is 1. The van der Waals surface area contributed by atoms with Crippen molar-refractivity contribution in [3.05, 3.63) is 65.2 Å². The smallest absolute Gasteiger partial charge is 0.241 e. The van der Waals surface area contributed by atoms with Gasteiger partial charge < -0.3 is 4.90 Å². The molecule has 2 aromatic rings. The Hall–Kier alpha value is -2.18. The van der Waals surface area contributed by atoms with Gasteiger partial charge in [-0.2, -0.15) is 4.72 Å². The molecule has 132 valence electrons. The molecule has 1 aliphatic heterocycles. The van der Waals surface area contributed by atoms with E-state index in [1.54, 1.807) is 36.1 Å². The summed E-state index contributed by atoms with van der Waals surface area (Å²) in [7, 11) is -3.72. The number of benzene rings is 2. The van der Waals surface area contributed by atoms with E-state index in [2.05, 4.69) is 10.8 Å². The van der Waals surface area contributed by atoms with E-state index < -0.39 is 16.1 Å². The summed E-state index contributed by atoms with van der Waals surface area (Å²) in [6.45, 7) is 4.61. The number of sulfonamides is 1. The second-order valence-corrected chi connectivity index (χ2v) is 8.15. The SMILES string of the molecule is Cc1ccc(S(=O)(=O)NC(C)C(=O)N2CCc3ccccc3C2)cc1. The summed E-state index contributed by atoms with van der Waals surface area (Å²) >= 11 is 0. The number of nitrogens with zero attached hydrogens (tertiary/aromatic N) is 1. The first-order chi connectivity index (χ1) is 11.9. The number of aryl methyl sites for hydroxylation is 1. The Kier molecular flexibility index (Phi) is 4.92. The molecule has 1 atom stereocenters. The highest BCUT2D eigenvalue weighted by Crippen LogP contribution is 2.19. The van der Waals surface area contributed by atoms with Crippen LogP contribution in [0.2, 0.25) is 0 Å². The summed E-state index contributed by atoms with van der Waals surface area (Å²) in [5.74, 6) is -0.204. The molecule has 1 amide bonds. The average Bonchev–Trinajstić information content (AvgIpc) is 2.60. The number of rotatable bonds is 4. The normalized spacial score (nSPS) is 15.5. The van der Waals surface area contributed by atoms with Crippen LogP contribution in [-0.2, 0) is 27.8 Å². The summed E-state index contributed by atoms with van der Waals surface area (Å²) in [4.78, 5) is 14.6. The Morgan fingerprint density at radius 3 is 2.40 bits per heavy atom. The van der Waals surface area contributed by atoms with Crippen molar-refractivity contribution in [3.63, 3.8) is 0 Å². The summed E-state index contributed by atoms with van der Waals surface area (Å²) < 4.78 is 27.4. The van der Waals surface area contributed by atoms with Gasteiger partial charge in [-0.05, 0) is 43.5 Å². The standard InChI is InChI=1S/C19H22N2O3S/c1-14-7-9-18(10-8-14)25(23,24)20-15(2)19(22)21-12-11-16-5-3-4-6-17(16)13-21/h3-10,15,20H,11-13H2,1-2H3. The quantitative estimate of drug-likeness (QED) is 0.912. The number of amides is 1. The molecule has 0 aliphatic carbocycles. The Balaban J connectivity index is 1.70. The van der Waals surface area contributed by atoms with Crippen LogP contribution >= 0.6 is 0 Å². The molecule has 0 radical (unpaired) electrons. The molecule has 1 unspecified atom stereocenters. The Bertz CT molecular complexity index is 876. The van der Waals surface area contributed by atoms with Crippen molar-refractivity contribution in [2.24, 2.45) is 0 Å². The van der Waals surface area contributed by atoms with E-state index in [0.29, 0.717) is 13.1 Å². The van der Waals surface area contributed by atoms with Crippen LogP contribution in [0.3, 0.4) is 0 Å². The van der Waals surface area contributed by atoms with Gasteiger partial charge in [0.15, 0.2) is 0 Å². The first-order valence-corrected chi connectivity index (χ1v) is 9.80. The molecular weight excluding hydrogens is 336 g/mol. The van der Waals surface area contributed by atoms with Crippen LogP contribution in [0.15, 0.2) is 53.4 Å². The Morgan fingerprint density at radius 1 is 1.08 bits per heavy atom. The molecule has 0 fully saturated rings. The fraction of sp³-hybridized carbons (Fsp3) is 0.316. The zero-order chi connectivity index (χ0) is 18.0. The van der Waals surface area contributed by atoms with Crippen LogP contribution in [-0.4, -0.2) is 31.8 Å². The first kappa shape index (κ1) is 17.6. The maximum absolute atomic E-state index is 12.7. The molecule has 1 N–H and O–H groups in total. The molecule has 1 aliphatic rings. The molecule has 0 aromatic heterocycles. The van der Waals surface area contributed by atoms with Gasteiger partial charge in [0.25, 0.3) is 0 Å². The zero-order valence-electron chi connectivity index (χ0n) is 14.4. The molecule has 0 bridgehead atoms. The lowest BCUT2D eigenvalue weighted by atomic mass is 9.99. The minimum Gasteiger partial charge on any atom is -0.337 e. The maximum Gasteiger partial charge on any atom is 0.241 e. The van der Waals surface area contributed by atoms with E-state index >= 15 is 0 Å². The van der Waals surface area contributed by atoms with Gasteiger partial charge in [0, 0.05) is 13.1 Å². The molecule has 0 saturated heterocycles. The summed E-state index contributed by atoms with van der Waals surface area (Å²) in [6.07, 6.45) is 0.791. The second-order valence-electron chi connectivity index (χ2n) is 6.43. The van der Waals surface area contributed by atoms with Crippen LogP contribution < -0.4 is 4.72 Å². The summed E-state index contributed by atoms with van der Waals surface area (Å²) in [5.41, 5.74) is 3.35. The van der Waals surface area contributed by atoms with Crippen molar-refractivity contribution in [3.8, 4) is 0 Å². The van der Waals surface area contributed by atoms with Gasteiger partial charge in [0.05, 0.1) is 10.9 Å². The molecule has 0 spiro atoms. The fourth-order valence-corrected chi connectivity index (χ4v) is 4.22. The minimum absolute atomic E-state index is 0.168. The predicted molar refractivity (Wildman–Crippen MR) is 96.5 cm³/mol. The van der Waals surface area contributed by atoms with Gasteiger partial charge in [-0.15, -0.1) is 0 Å². The van der Waals surface area contributed by atoms with Gasteiger partial charge in [-0.3, -0.25) is 4.79 Å². The van der Waals surface area contributed by atoms with E-state index in [-0.39, 0.29) is 10.8 Å². The van der Waals surface area contributed by atoms with E-state index in [1.165, 1.54) is 5.56 Å². The van der Waals surface area contributed by atoms with Crippen LogP contribution in [0, 0.1) is 6.92 Å². The lowest BCUT2D eigenvalue weighted by molar-refractivity contribution is -0.133. The number of hydrogen-bond donors (Lipinski definition) is 1. The number of nitrogens with one attached hydrogen (secondary N) is 1. The molecule has 3 rings (SSSR count). The van der Waals surface area contributed by atoms with E-state index in [9.17, 15) is 13.2 Å². The second kappa shape index (κ2) is 6.98. The van der Waals surface area contributed by atoms with Crippen LogP contribution in [0.4, 0.5) is 0 Å². The fourth-order valence-electron chi connectivity index (χ4n) is 3.03. The Labute approximate surface area is 148 Å². The lowest BCUT2D eigenvalue weighted by Gasteiger charge is -2.31. The van der Waals surface area contributed by atoms with Gasteiger partial charge in [0.2, 0.25) is 15.9 Å². The van der Waals surface area contributed by atoms with Crippen molar-refractivity contribution in [2.45, 2.75) is 37.8 Å². The molecule has 2 aromatic carbocycles. The third-order valence-corrected chi connectivity index (χ3v) is 6.03. The molecule has 5 nitrogen and oxygen atoms in total. The van der Waals surface area contributed by atoms with Crippen LogP contribution in [0.25, 0.3) is 0 Å². The summed E-state index contributed by atoms with van der Waals surface area (Å²) in [5, 5.41) is 0. The van der Waals surface area contributed by atoms with Gasteiger partial charge >= 0.3 is 0 Å². The van der Waals surface area contributed by atoms with Crippen LogP contribution in [0.1, 0.15) is 23.6 Å². The first-order valence-electron chi connectivity index (χ1n) is 8.31. The monoisotopic (exact) mass is 358 g/mol. The van der Waals surface area contributed by atoms with E-state index in [0.717, 1.165) is 17.5 Å².